The molecule has 21 heavy (non-hydrogen) atoms. The number of nitrogens with one attached hydrogen (secondary N) is 2. The Bertz CT molecular complexity index is 629. The molecule has 0 aromatic carbocycles. The Morgan fingerprint density at radius 2 is 2.29 bits per heavy atom. The maximum atomic E-state index is 14.2. The van der Waals surface area contributed by atoms with Gasteiger partial charge < -0.3 is 10.6 Å². The number of carbonyl (C=O) groups excluding carboxylic acids is 1. The largest absolute Gasteiger partial charge is 0.368 e. The fraction of sp³-hybridized carbons (Fsp3) is 0.357. The summed E-state index contributed by atoms with van der Waals surface area (Å²) < 4.78 is 14.2. The van der Waals surface area contributed by atoms with E-state index in [-0.39, 0.29) is 17.9 Å². The SMILES string of the molecule is CCCNc1nccc(C(=O)NCc2nc(C)cs2)c1F. The third-order valence-electron chi connectivity index (χ3n) is 2.74. The minimum atomic E-state index is -0.626. The van der Waals surface area contributed by atoms with Crippen LogP contribution < -0.4 is 10.6 Å². The number of aryl methyl sites for hydroxylation is 1. The second-order valence-corrected chi connectivity index (χ2v) is 5.46. The highest BCUT2D eigenvalue weighted by Crippen LogP contribution is 2.15. The van der Waals surface area contributed by atoms with Gasteiger partial charge in [-0.3, -0.25) is 4.79 Å². The van der Waals surface area contributed by atoms with Crippen LogP contribution >= 0.6 is 11.3 Å². The molecule has 2 N–H and O–H groups in total. The fourth-order valence-corrected chi connectivity index (χ4v) is 2.43. The molecule has 2 rings (SSSR count). The van der Waals surface area contributed by atoms with Crippen molar-refractivity contribution in [1.29, 1.82) is 0 Å². The monoisotopic (exact) mass is 308 g/mol. The zero-order valence-corrected chi connectivity index (χ0v) is 12.8. The summed E-state index contributed by atoms with van der Waals surface area (Å²) in [5.74, 6) is -0.990. The van der Waals surface area contributed by atoms with Gasteiger partial charge in [-0.2, -0.15) is 0 Å². The number of pyridine rings is 1. The van der Waals surface area contributed by atoms with Crippen LogP contribution in [0.1, 0.15) is 34.4 Å². The molecule has 2 aromatic heterocycles. The highest BCUT2D eigenvalue weighted by molar-refractivity contribution is 7.09. The Kier molecular flexibility index (Phi) is 5.21. The number of hydrogen-bond donors (Lipinski definition) is 2. The summed E-state index contributed by atoms with van der Waals surface area (Å²) >= 11 is 1.46. The first-order valence-electron chi connectivity index (χ1n) is 6.69. The number of hydrogen-bond acceptors (Lipinski definition) is 5. The lowest BCUT2D eigenvalue weighted by Gasteiger charge is -2.09. The van der Waals surface area contributed by atoms with Crippen LogP contribution in [0.2, 0.25) is 0 Å². The molecule has 1 amide bonds. The van der Waals surface area contributed by atoms with Gasteiger partial charge in [0, 0.05) is 23.8 Å². The molecule has 0 spiro atoms. The van der Waals surface area contributed by atoms with Crippen LogP contribution in [0.5, 0.6) is 0 Å². The maximum absolute atomic E-state index is 14.2. The molecule has 0 bridgehead atoms. The molecule has 0 aliphatic carbocycles. The van der Waals surface area contributed by atoms with Crippen LogP contribution in [0.4, 0.5) is 10.2 Å². The van der Waals surface area contributed by atoms with Crippen molar-refractivity contribution < 1.29 is 9.18 Å². The van der Waals surface area contributed by atoms with Crippen LogP contribution in [0, 0.1) is 12.7 Å². The van der Waals surface area contributed by atoms with Crippen LogP contribution in [0.25, 0.3) is 0 Å². The van der Waals surface area contributed by atoms with Crippen molar-refractivity contribution in [2.24, 2.45) is 0 Å². The summed E-state index contributed by atoms with van der Waals surface area (Å²) in [6.45, 7) is 4.75. The third kappa shape index (κ3) is 3.98. The van der Waals surface area contributed by atoms with Crippen LogP contribution in [0.3, 0.4) is 0 Å². The van der Waals surface area contributed by atoms with Gasteiger partial charge in [-0.25, -0.2) is 14.4 Å². The Morgan fingerprint density at radius 3 is 2.95 bits per heavy atom. The molecule has 7 heteroatoms. The summed E-state index contributed by atoms with van der Waals surface area (Å²) in [6.07, 6.45) is 2.27. The van der Waals surface area contributed by atoms with Crippen molar-refractivity contribution in [1.82, 2.24) is 15.3 Å². The lowest BCUT2D eigenvalue weighted by molar-refractivity contribution is 0.0946. The van der Waals surface area contributed by atoms with Gasteiger partial charge in [0.05, 0.1) is 12.1 Å². The molecule has 0 unspecified atom stereocenters. The number of carbonyl (C=O) groups is 1. The first-order valence-corrected chi connectivity index (χ1v) is 7.57. The zero-order valence-electron chi connectivity index (χ0n) is 11.9. The van der Waals surface area contributed by atoms with Crippen LogP contribution in [-0.2, 0) is 6.54 Å². The Labute approximate surface area is 126 Å². The standard InChI is InChI=1S/C14H17FN4OS/c1-3-5-16-13-12(15)10(4-6-17-13)14(20)18-7-11-19-9(2)8-21-11/h4,6,8H,3,5,7H2,1-2H3,(H,16,17)(H,18,20). The lowest BCUT2D eigenvalue weighted by atomic mass is 10.2. The van der Waals surface area contributed by atoms with Crippen molar-refractivity contribution in [2.75, 3.05) is 11.9 Å². The average molecular weight is 308 g/mol. The second kappa shape index (κ2) is 7.12. The molecular weight excluding hydrogens is 291 g/mol. The van der Waals surface area contributed by atoms with E-state index < -0.39 is 11.7 Å². The molecule has 0 saturated carbocycles. The molecule has 5 nitrogen and oxygen atoms in total. The molecule has 0 aliphatic heterocycles. The number of halogens is 1. The highest BCUT2D eigenvalue weighted by atomic mass is 32.1. The van der Waals surface area contributed by atoms with E-state index in [0.29, 0.717) is 6.54 Å². The van der Waals surface area contributed by atoms with Crippen molar-refractivity contribution in [3.63, 3.8) is 0 Å². The van der Waals surface area contributed by atoms with Gasteiger partial charge in [-0.05, 0) is 19.4 Å². The average Bonchev–Trinajstić information content (AvgIpc) is 2.89. The number of amides is 1. The van der Waals surface area contributed by atoms with E-state index in [9.17, 15) is 9.18 Å². The second-order valence-electron chi connectivity index (χ2n) is 4.51. The first-order chi connectivity index (χ1) is 10.1. The minimum absolute atomic E-state index is 0.0168. The third-order valence-corrected chi connectivity index (χ3v) is 3.71. The van der Waals surface area contributed by atoms with E-state index in [0.717, 1.165) is 17.1 Å². The van der Waals surface area contributed by atoms with E-state index in [2.05, 4.69) is 20.6 Å². The van der Waals surface area contributed by atoms with Crippen molar-refractivity contribution in [3.05, 3.63) is 39.7 Å². The van der Waals surface area contributed by atoms with E-state index in [1.54, 1.807) is 0 Å². The summed E-state index contributed by atoms with van der Waals surface area (Å²) in [6, 6.07) is 1.37. The van der Waals surface area contributed by atoms with E-state index in [1.165, 1.54) is 23.6 Å². The van der Waals surface area contributed by atoms with E-state index in [4.69, 9.17) is 0 Å². The van der Waals surface area contributed by atoms with Crippen LogP contribution in [-0.4, -0.2) is 22.4 Å². The number of aromatic nitrogens is 2. The summed E-state index contributed by atoms with van der Waals surface area (Å²) in [5, 5.41) is 8.22. The number of nitrogens with zero attached hydrogens (tertiary/aromatic N) is 2. The molecule has 0 radical (unpaired) electrons. The Hall–Kier alpha value is -2.02. The van der Waals surface area contributed by atoms with Crippen molar-refractivity contribution >= 4 is 23.1 Å². The molecule has 0 saturated heterocycles. The molecular formula is C14H17FN4OS. The smallest absolute Gasteiger partial charge is 0.254 e. The van der Waals surface area contributed by atoms with Gasteiger partial charge in [-0.1, -0.05) is 6.92 Å². The molecule has 0 fully saturated rings. The maximum Gasteiger partial charge on any atom is 0.254 e. The van der Waals surface area contributed by atoms with Gasteiger partial charge >= 0.3 is 0 Å². The summed E-state index contributed by atoms with van der Waals surface area (Å²) in [5.41, 5.74) is 0.891. The fourth-order valence-electron chi connectivity index (χ4n) is 1.72. The predicted octanol–water partition coefficient (Wildman–Crippen LogP) is 2.74. The Morgan fingerprint density at radius 1 is 1.48 bits per heavy atom. The lowest BCUT2D eigenvalue weighted by Crippen LogP contribution is -2.24. The Balaban J connectivity index is 2.04. The van der Waals surface area contributed by atoms with E-state index in [1.807, 2.05) is 19.2 Å². The minimum Gasteiger partial charge on any atom is -0.368 e. The van der Waals surface area contributed by atoms with Gasteiger partial charge in [0.1, 0.15) is 5.01 Å². The van der Waals surface area contributed by atoms with Crippen molar-refractivity contribution in [2.45, 2.75) is 26.8 Å². The first kappa shape index (κ1) is 15.4. The van der Waals surface area contributed by atoms with Gasteiger partial charge in [-0.15, -0.1) is 11.3 Å². The van der Waals surface area contributed by atoms with Crippen molar-refractivity contribution in [3.8, 4) is 0 Å². The highest BCUT2D eigenvalue weighted by Gasteiger charge is 2.16. The summed E-state index contributed by atoms with van der Waals surface area (Å²) in [4.78, 5) is 20.2. The number of rotatable bonds is 6. The summed E-state index contributed by atoms with van der Waals surface area (Å²) in [7, 11) is 0. The van der Waals surface area contributed by atoms with Crippen LogP contribution in [0.15, 0.2) is 17.6 Å². The quantitative estimate of drug-likeness (QED) is 0.861. The number of anilines is 1. The molecule has 2 heterocycles. The molecule has 0 atom stereocenters. The molecule has 0 aliphatic rings. The van der Waals surface area contributed by atoms with Gasteiger partial charge in [0.25, 0.3) is 5.91 Å². The van der Waals surface area contributed by atoms with Gasteiger partial charge in [0.2, 0.25) is 0 Å². The normalized spacial score (nSPS) is 10.4. The number of thiazole rings is 1. The van der Waals surface area contributed by atoms with E-state index >= 15 is 0 Å². The topological polar surface area (TPSA) is 66.9 Å². The molecule has 2 aromatic rings. The zero-order chi connectivity index (χ0) is 15.2. The predicted molar refractivity (Wildman–Crippen MR) is 81.0 cm³/mol. The molecule has 112 valence electrons. The van der Waals surface area contributed by atoms with Gasteiger partial charge in [0.15, 0.2) is 11.6 Å².